The molecule has 0 fully saturated rings. The van der Waals surface area contributed by atoms with Gasteiger partial charge in [0.05, 0.1) is 6.54 Å². The van der Waals surface area contributed by atoms with Crippen LogP contribution in [0, 0.1) is 0 Å². The molecule has 1 aromatic rings. The van der Waals surface area contributed by atoms with Crippen molar-refractivity contribution in [3.63, 3.8) is 0 Å². The van der Waals surface area contributed by atoms with Gasteiger partial charge in [0.15, 0.2) is 11.7 Å². The van der Waals surface area contributed by atoms with Crippen LogP contribution in [-0.2, 0) is 12.7 Å². The summed E-state index contributed by atoms with van der Waals surface area (Å²) in [5.41, 5.74) is -0.843. The molecular weight excluding hydrogens is 452 g/mol. The van der Waals surface area contributed by atoms with Crippen molar-refractivity contribution in [3.8, 4) is 0 Å². The fourth-order valence-corrected chi connectivity index (χ4v) is 2.72. The van der Waals surface area contributed by atoms with Crippen molar-refractivity contribution in [1.29, 1.82) is 0 Å². The second-order valence-electron chi connectivity index (χ2n) is 5.08. The molecule has 0 unspecified atom stereocenters. The Morgan fingerprint density at radius 3 is 2.67 bits per heavy atom. The lowest BCUT2D eigenvalue weighted by Gasteiger charge is -2.21. The van der Waals surface area contributed by atoms with Crippen molar-refractivity contribution in [2.45, 2.75) is 38.4 Å². The Balaban J connectivity index is 0.00000529. The number of unbranched alkanes of at least 4 members (excludes halogenated alkanes) is 3. The van der Waals surface area contributed by atoms with Crippen LogP contribution in [0.3, 0.4) is 0 Å². The van der Waals surface area contributed by atoms with E-state index >= 15 is 0 Å². The average Bonchev–Trinajstić information content (AvgIpc) is 2.96. The van der Waals surface area contributed by atoms with Crippen LogP contribution in [0.15, 0.2) is 23.0 Å². The third-order valence-electron chi connectivity index (χ3n) is 3.22. The van der Waals surface area contributed by atoms with E-state index in [2.05, 4.69) is 21.9 Å². The van der Waals surface area contributed by atoms with Gasteiger partial charge in [-0.3, -0.25) is 4.99 Å². The van der Waals surface area contributed by atoms with Gasteiger partial charge in [-0.05, 0) is 19.3 Å². The maximum atomic E-state index is 12.5. The number of allylic oxidation sites excluding steroid dienone is 1. The first-order chi connectivity index (χ1) is 10.9. The SMILES string of the molecule is C=CCCCCCN(C)C(=NC)NCc1nc(C(F)(F)F)cs1.I. The second kappa shape index (κ2) is 11.7. The molecule has 0 saturated heterocycles. The Kier molecular flexibility index (Phi) is 11.3. The zero-order chi connectivity index (χ0) is 17.3. The number of aromatic nitrogens is 1. The van der Waals surface area contributed by atoms with Crippen molar-refractivity contribution in [3.05, 3.63) is 28.7 Å². The predicted molar refractivity (Wildman–Crippen MR) is 104 cm³/mol. The fraction of sp³-hybridized carbons (Fsp3) is 0.600. The summed E-state index contributed by atoms with van der Waals surface area (Å²) in [5.74, 6) is 0.650. The van der Waals surface area contributed by atoms with Crippen molar-refractivity contribution in [2.24, 2.45) is 4.99 Å². The smallest absolute Gasteiger partial charge is 0.350 e. The van der Waals surface area contributed by atoms with E-state index in [0.717, 1.165) is 48.9 Å². The molecule has 0 saturated carbocycles. The summed E-state index contributed by atoms with van der Waals surface area (Å²) in [6, 6.07) is 0. The number of nitrogens with one attached hydrogen (secondary N) is 1. The Bertz CT molecular complexity index is 517. The minimum atomic E-state index is -4.39. The van der Waals surface area contributed by atoms with Crippen LogP contribution in [0.4, 0.5) is 13.2 Å². The number of thiazole rings is 1. The lowest BCUT2D eigenvalue weighted by molar-refractivity contribution is -0.140. The lowest BCUT2D eigenvalue weighted by Crippen LogP contribution is -2.39. The van der Waals surface area contributed by atoms with E-state index in [1.807, 2.05) is 18.0 Å². The van der Waals surface area contributed by atoms with E-state index in [-0.39, 0.29) is 30.5 Å². The summed E-state index contributed by atoms with van der Waals surface area (Å²) in [6.07, 6.45) is 1.78. The normalized spacial score (nSPS) is 11.8. The van der Waals surface area contributed by atoms with Gasteiger partial charge in [-0.25, -0.2) is 4.98 Å². The lowest BCUT2D eigenvalue weighted by atomic mass is 10.2. The van der Waals surface area contributed by atoms with Crippen LogP contribution >= 0.6 is 35.3 Å². The van der Waals surface area contributed by atoms with Crippen LogP contribution in [0.5, 0.6) is 0 Å². The molecule has 0 aliphatic carbocycles. The fourth-order valence-electron chi connectivity index (χ4n) is 1.98. The maximum Gasteiger partial charge on any atom is 0.434 e. The average molecular weight is 476 g/mol. The van der Waals surface area contributed by atoms with Gasteiger partial charge in [0.1, 0.15) is 5.01 Å². The Morgan fingerprint density at radius 1 is 1.42 bits per heavy atom. The van der Waals surface area contributed by atoms with E-state index in [1.54, 1.807) is 7.05 Å². The van der Waals surface area contributed by atoms with E-state index < -0.39 is 11.9 Å². The Morgan fingerprint density at radius 2 is 2.12 bits per heavy atom. The van der Waals surface area contributed by atoms with E-state index in [4.69, 9.17) is 0 Å². The first-order valence-electron chi connectivity index (χ1n) is 7.42. The van der Waals surface area contributed by atoms with Gasteiger partial charge in [0.2, 0.25) is 0 Å². The first-order valence-corrected chi connectivity index (χ1v) is 8.30. The summed E-state index contributed by atoms with van der Waals surface area (Å²) in [7, 11) is 3.56. The third kappa shape index (κ3) is 8.32. The molecule has 0 atom stereocenters. The summed E-state index contributed by atoms with van der Waals surface area (Å²) in [4.78, 5) is 9.70. The molecule has 1 N–H and O–H groups in total. The van der Waals surface area contributed by atoms with Crippen LogP contribution in [-0.4, -0.2) is 36.5 Å². The van der Waals surface area contributed by atoms with Crippen molar-refractivity contribution >= 4 is 41.3 Å². The molecule has 0 aromatic carbocycles. The topological polar surface area (TPSA) is 40.5 Å². The molecule has 1 aromatic heterocycles. The highest BCUT2D eigenvalue weighted by atomic mass is 127. The molecule has 0 amide bonds. The summed E-state index contributed by atoms with van der Waals surface area (Å²) < 4.78 is 37.5. The summed E-state index contributed by atoms with van der Waals surface area (Å²) in [6.45, 7) is 4.76. The van der Waals surface area contributed by atoms with Crippen LogP contribution < -0.4 is 5.32 Å². The monoisotopic (exact) mass is 476 g/mol. The van der Waals surface area contributed by atoms with Gasteiger partial charge in [-0.2, -0.15) is 13.2 Å². The number of guanidine groups is 1. The number of halogens is 4. The zero-order valence-electron chi connectivity index (χ0n) is 13.9. The van der Waals surface area contributed by atoms with E-state index in [1.165, 1.54) is 0 Å². The molecule has 138 valence electrons. The van der Waals surface area contributed by atoms with Crippen molar-refractivity contribution in [2.75, 3.05) is 20.6 Å². The zero-order valence-corrected chi connectivity index (χ0v) is 17.0. The molecule has 9 heteroatoms. The predicted octanol–water partition coefficient (Wildman–Crippen LogP) is 4.53. The minimum Gasteiger partial charge on any atom is -0.350 e. The molecular formula is C15H24F3IN4S. The molecule has 0 aliphatic rings. The quantitative estimate of drug-likeness (QED) is 0.197. The molecule has 0 radical (unpaired) electrons. The molecule has 0 aliphatic heterocycles. The van der Waals surface area contributed by atoms with Crippen molar-refractivity contribution in [1.82, 2.24) is 15.2 Å². The van der Waals surface area contributed by atoms with E-state index in [9.17, 15) is 13.2 Å². The number of aliphatic imine (C=N–C) groups is 1. The molecule has 1 heterocycles. The van der Waals surface area contributed by atoms with Crippen LogP contribution in [0.25, 0.3) is 0 Å². The molecule has 0 bridgehead atoms. The number of hydrogen-bond donors (Lipinski definition) is 1. The summed E-state index contributed by atoms with van der Waals surface area (Å²) >= 11 is 0.991. The Hall–Kier alpha value is -0.840. The first kappa shape index (κ1) is 23.2. The van der Waals surface area contributed by atoms with E-state index in [0.29, 0.717) is 11.0 Å². The number of alkyl halides is 3. The highest BCUT2D eigenvalue weighted by Gasteiger charge is 2.33. The maximum absolute atomic E-state index is 12.5. The molecule has 0 spiro atoms. The highest BCUT2D eigenvalue weighted by Crippen LogP contribution is 2.29. The molecule has 24 heavy (non-hydrogen) atoms. The number of hydrogen-bond acceptors (Lipinski definition) is 3. The van der Waals surface area contributed by atoms with Gasteiger partial charge < -0.3 is 10.2 Å². The standard InChI is InChI=1S/C15H23F3N4S.HI/c1-4-5-6-7-8-9-22(3)14(19-2)20-10-13-21-12(11-23-13)15(16,17)18;/h4,11H,1,5-10H2,2-3H3,(H,19,20);1H. The second-order valence-corrected chi connectivity index (χ2v) is 6.03. The van der Waals surface area contributed by atoms with Gasteiger partial charge in [0, 0.05) is 26.0 Å². The highest BCUT2D eigenvalue weighted by molar-refractivity contribution is 14.0. The van der Waals surface area contributed by atoms with Gasteiger partial charge in [-0.1, -0.05) is 12.5 Å². The third-order valence-corrected chi connectivity index (χ3v) is 4.06. The minimum absolute atomic E-state index is 0. The molecule has 4 nitrogen and oxygen atoms in total. The molecule has 1 rings (SSSR count). The number of nitrogens with zero attached hydrogens (tertiary/aromatic N) is 3. The van der Waals surface area contributed by atoms with Crippen LogP contribution in [0.1, 0.15) is 36.4 Å². The summed E-state index contributed by atoms with van der Waals surface area (Å²) in [5, 5.41) is 4.46. The van der Waals surface area contributed by atoms with Gasteiger partial charge >= 0.3 is 6.18 Å². The van der Waals surface area contributed by atoms with Gasteiger partial charge in [0.25, 0.3) is 0 Å². The van der Waals surface area contributed by atoms with Crippen LogP contribution in [0.2, 0.25) is 0 Å². The largest absolute Gasteiger partial charge is 0.434 e. The van der Waals surface area contributed by atoms with Gasteiger partial charge in [-0.15, -0.1) is 41.9 Å². The number of rotatable bonds is 8. The Labute approximate surface area is 162 Å². The van der Waals surface area contributed by atoms with Crippen molar-refractivity contribution < 1.29 is 13.2 Å².